The number of aliphatic hydroxyl groups is 1. The van der Waals surface area contributed by atoms with Gasteiger partial charge in [0.05, 0.1) is 20.8 Å². The summed E-state index contributed by atoms with van der Waals surface area (Å²) in [5.74, 6) is -1.35. The molecular weight excluding hydrogens is 378 g/mol. The van der Waals surface area contributed by atoms with Gasteiger partial charge in [-0.2, -0.15) is 0 Å². The lowest BCUT2D eigenvalue weighted by Gasteiger charge is -2.30. The van der Waals surface area contributed by atoms with Crippen molar-refractivity contribution in [2.45, 2.75) is 12.3 Å². The molecular formula is C21H25NO7. The van der Waals surface area contributed by atoms with Crippen molar-refractivity contribution in [2.24, 2.45) is 0 Å². The summed E-state index contributed by atoms with van der Waals surface area (Å²) in [5, 5.41) is 10.4. The van der Waals surface area contributed by atoms with Crippen molar-refractivity contribution in [1.82, 2.24) is 4.90 Å². The zero-order valence-corrected chi connectivity index (χ0v) is 16.9. The third-order valence-corrected chi connectivity index (χ3v) is 4.71. The Morgan fingerprint density at radius 1 is 1.07 bits per heavy atom. The lowest BCUT2D eigenvalue weighted by Crippen LogP contribution is -2.50. The van der Waals surface area contributed by atoms with E-state index in [1.165, 1.54) is 21.1 Å². The van der Waals surface area contributed by atoms with Gasteiger partial charge in [-0.15, -0.1) is 0 Å². The van der Waals surface area contributed by atoms with Crippen molar-refractivity contribution >= 4 is 28.6 Å². The summed E-state index contributed by atoms with van der Waals surface area (Å²) in [6, 6.07) is 10.7. The number of rotatable bonds is 8. The van der Waals surface area contributed by atoms with Crippen LogP contribution in [0, 0.1) is 0 Å². The van der Waals surface area contributed by atoms with E-state index in [1.807, 2.05) is 12.1 Å². The van der Waals surface area contributed by atoms with E-state index in [0.29, 0.717) is 11.3 Å². The third-order valence-electron chi connectivity index (χ3n) is 4.71. The Balaban J connectivity index is 2.41. The minimum absolute atomic E-state index is 0.163. The molecule has 0 heterocycles. The van der Waals surface area contributed by atoms with Crippen LogP contribution in [0.3, 0.4) is 0 Å². The van der Waals surface area contributed by atoms with Crippen LogP contribution in [0.5, 0.6) is 5.75 Å². The molecule has 0 aliphatic carbocycles. The van der Waals surface area contributed by atoms with Crippen LogP contribution in [0.25, 0.3) is 10.8 Å². The molecule has 1 atom stereocenters. The van der Waals surface area contributed by atoms with Gasteiger partial charge in [-0.05, 0) is 41.5 Å². The van der Waals surface area contributed by atoms with E-state index in [0.717, 1.165) is 15.7 Å². The predicted molar refractivity (Wildman–Crippen MR) is 106 cm³/mol. The molecule has 0 aromatic heterocycles. The lowest BCUT2D eigenvalue weighted by atomic mass is 9.80. The van der Waals surface area contributed by atoms with Crippen LogP contribution in [0.1, 0.15) is 12.5 Å². The van der Waals surface area contributed by atoms with E-state index in [-0.39, 0.29) is 19.8 Å². The predicted octanol–water partition coefficient (Wildman–Crippen LogP) is 1.27. The fourth-order valence-corrected chi connectivity index (χ4v) is 3.05. The Labute approximate surface area is 169 Å². The molecule has 0 saturated heterocycles. The number of ether oxygens (including phenoxy) is 3. The lowest BCUT2D eigenvalue weighted by molar-refractivity contribution is -0.158. The molecule has 0 radical (unpaired) electrons. The molecule has 2 aromatic carbocycles. The van der Waals surface area contributed by atoms with Crippen LogP contribution in [0.15, 0.2) is 36.4 Å². The maximum atomic E-state index is 13.2. The first-order valence-electron chi connectivity index (χ1n) is 8.96. The first-order valence-corrected chi connectivity index (χ1v) is 8.96. The molecule has 8 heteroatoms. The number of aliphatic hydroxyl groups excluding tert-OH is 1. The molecule has 156 valence electrons. The van der Waals surface area contributed by atoms with Crippen molar-refractivity contribution in [3.63, 3.8) is 0 Å². The van der Waals surface area contributed by atoms with Crippen molar-refractivity contribution < 1.29 is 33.7 Å². The Kier molecular flexibility index (Phi) is 7.17. The van der Waals surface area contributed by atoms with Gasteiger partial charge in [0.1, 0.15) is 18.9 Å². The highest BCUT2D eigenvalue weighted by Gasteiger charge is 2.46. The number of amides is 1. The Morgan fingerprint density at radius 3 is 2.34 bits per heavy atom. The summed E-state index contributed by atoms with van der Waals surface area (Å²) in [5.41, 5.74) is -1.22. The van der Waals surface area contributed by atoms with Gasteiger partial charge in [-0.3, -0.25) is 14.4 Å². The second kappa shape index (κ2) is 9.38. The highest BCUT2D eigenvalue weighted by atomic mass is 16.5. The third kappa shape index (κ3) is 4.65. The quantitative estimate of drug-likeness (QED) is 0.523. The topological polar surface area (TPSA) is 102 Å². The fraction of sp³-hybridized carbons (Fsp3) is 0.381. The van der Waals surface area contributed by atoms with Crippen molar-refractivity contribution in [3.05, 3.63) is 42.0 Å². The first kappa shape index (κ1) is 22.2. The van der Waals surface area contributed by atoms with Gasteiger partial charge in [-0.25, -0.2) is 0 Å². The Hall–Kier alpha value is -3.13. The van der Waals surface area contributed by atoms with Gasteiger partial charge >= 0.3 is 11.9 Å². The summed E-state index contributed by atoms with van der Waals surface area (Å²) in [7, 11) is 4.18. The van der Waals surface area contributed by atoms with E-state index < -0.39 is 23.3 Å². The second-order valence-electron chi connectivity index (χ2n) is 6.65. The molecule has 1 N–H and O–H groups in total. The molecule has 29 heavy (non-hydrogen) atoms. The molecule has 2 aromatic rings. The normalized spacial score (nSPS) is 12.7. The number of esters is 2. The van der Waals surface area contributed by atoms with Crippen LogP contribution in [-0.4, -0.2) is 68.9 Å². The van der Waals surface area contributed by atoms with Crippen LogP contribution >= 0.6 is 0 Å². The van der Waals surface area contributed by atoms with E-state index in [1.54, 1.807) is 31.4 Å². The van der Waals surface area contributed by atoms with Crippen molar-refractivity contribution in [2.75, 3.05) is 41.0 Å². The number of benzene rings is 2. The minimum Gasteiger partial charge on any atom is -0.497 e. The summed E-state index contributed by atoms with van der Waals surface area (Å²) < 4.78 is 14.9. The number of carbonyl (C=O) groups excluding carboxylic acids is 3. The standard InChI is InChI=1S/C21H25NO7/c1-21(20(26)28-4,19(25)22(2)13-18(24)29-10-9-23)16-7-5-15-12-17(27-3)8-6-14(15)11-16/h5-8,11-12,23H,9-10,13H2,1-4H3/t21-/m0/s1. The maximum absolute atomic E-state index is 13.2. The average Bonchev–Trinajstić information content (AvgIpc) is 2.74. The molecule has 0 fully saturated rings. The highest BCUT2D eigenvalue weighted by Crippen LogP contribution is 2.31. The van der Waals surface area contributed by atoms with E-state index in [2.05, 4.69) is 0 Å². The van der Waals surface area contributed by atoms with Crippen molar-refractivity contribution in [1.29, 1.82) is 0 Å². The summed E-state index contributed by atoms with van der Waals surface area (Å²) >= 11 is 0. The Morgan fingerprint density at radius 2 is 1.72 bits per heavy atom. The van der Waals surface area contributed by atoms with E-state index in [4.69, 9.17) is 19.3 Å². The van der Waals surface area contributed by atoms with Gasteiger partial charge < -0.3 is 24.2 Å². The van der Waals surface area contributed by atoms with Crippen LogP contribution in [0.2, 0.25) is 0 Å². The molecule has 0 aliphatic heterocycles. The van der Waals surface area contributed by atoms with Gasteiger partial charge in [0.25, 0.3) is 0 Å². The monoisotopic (exact) mass is 403 g/mol. The number of hydrogen-bond donors (Lipinski definition) is 1. The molecule has 2 rings (SSSR count). The summed E-state index contributed by atoms with van der Waals surface area (Å²) in [6.07, 6.45) is 0. The van der Waals surface area contributed by atoms with Gasteiger partial charge in [-0.1, -0.05) is 18.2 Å². The SMILES string of the molecule is COC(=O)[C@](C)(C(=O)N(C)CC(=O)OCCO)c1ccc2cc(OC)ccc2c1. The van der Waals surface area contributed by atoms with E-state index in [9.17, 15) is 14.4 Å². The number of fused-ring (bicyclic) bond motifs is 1. The average molecular weight is 403 g/mol. The molecule has 0 spiro atoms. The number of nitrogens with zero attached hydrogens (tertiary/aromatic N) is 1. The number of carbonyl (C=O) groups is 3. The number of likely N-dealkylation sites (N-methyl/N-ethyl adjacent to an activating group) is 1. The van der Waals surface area contributed by atoms with Gasteiger partial charge in [0.15, 0.2) is 5.41 Å². The Bertz CT molecular complexity index is 911. The summed E-state index contributed by atoms with van der Waals surface area (Å²) in [6.45, 7) is 0.617. The first-order chi connectivity index (χ1) is 13.8. The van der Waals surface area contributed by atoms with Crippen LogP contribution in [0.4, 0.5) is 0 Å². The summed E-state index contributed by atoms with van der Waals surface area (Å²) in [4.78, 5) is 38.7. The molecule has 1 amide bonds. The molecule has 0 aliphatic rings. The molecule has 0 bridgehead atoms. The van der Waals surface area contributed by atoms with Crippen molar-refractivity contribution in [3.8, 4) is 5.75 Å². The largest absolute Gasteiger partial charge is 0.497 e. The smallest absolute Gasteiger partial charge is 0.325 e. The second-order valence-corrected chi connectivity index (χ2v) is 6.65. The maximum Gasteiger partial charge on any atom is 0.325 e. The van der Waals surface area contributed by atoms with Crippen LogP contribution in [-0.2, 0) is 29.3 Å². The minimum atomic E-state index is -1.66. The van der Waals surface area contributed by atoms with Gasteiger partial charge in [0.2, 0.25) is 5.91 Å². The fourth-order valence-electron chi connectivity index (χ4n) is 3.05. The molecule has 8 nitrogen and oxygen atoms in total. The zero-order chi connectivity index (χ0) is 21.6. The van der Waals surface area contributed by atoms with E-state index >= 15 is 0 Å². The number of methoxy groups -OCH3 is 2. The highest BCUT2D eigenvalue weighted by molar-refractivity contribution is 6.09. The molecule has 0 saturated carbocycles. The zero-order valence-electron chi connectivity index (χ0n) is 16.9. The molecule has 0 unspecified atom stereocenters. The van der Waals surface area contributed by atoms with Crippen LogP contribution < -0.4 is 4.74 Å². The number of hydrogen-bond acceptors (Lipinski definition) is 7. The van der Waals surface area contributed by atoms with Gasteiger partial charge in [0, 0.05) is 7.05 Å².